The van der Waals surface area contributed by atoms with Gasteiger partial charge in [0.15, 0.2) is 5.65 Å². The third kappa shape index (κ3) is 4.29. The number of imide groups is 1. The predicted molar refractivity (Wildman–Crippen MR) is 125 cm³/mol. The summed E-state index contributed by atoms with van der Waals surface area (Å²) in [5.41, 5.74) is 3.43. The van der Waals surface area contributed by atoms with E-state index < -0.39 is 5.91 Å². The first-order chi connectivity index (χ1) is 16.1. The zero-order valence-corrected chi connectivity index (χ0v) is 17.8. The van der Waals surface area contributed by atoms with E-state index in [1.165, 1.54) is 0 Å². The minimum absolute atomic E-state index is 0.0343. The fourth-order valence-corrected chi connectivity index (χ4v) is 3.62. The van der Waals surface area contributed by atoms with Crippen molar-refractivity contribution in [1.82, 2.24) is 24.9 Å². The van der Waals surface area contributed by atoms with E-state index in [9.17, 15) is 9.59 Å². The number of carbonyl (C=O) groups excluding carboxylic acids is 2. The second-order valence-corrected chi connectivity index (χ2v) is 7.70. The van der Waals surface area contributed by atoms with Crippen molar-refractivity contribution in [2.45, 2.75) is 19.4 Å². The molecule has 2 aromatic heterocycles. The fraction of sp³-hybridized carbons (Fsp3) is 0.125. The number of aromatic nitrogens is 4. The van der Waals surface area contributed by atoms with Crippen LogP contribution in [0.2, 0.25) is 0 Å². The van der Waals surface area contributed by atoms with Gasteiger partial charge in [0.1, 0.15) is 0 Å². The van der Waals surface area contributed by atoms with Crippen molar-refractivity contribution in [3.63, 3.8) is 0 Å². The molecule has 0 bridgehead atoms. The van der Waals surface area contributed by atoms with Crippen molar-refractivity contribution >= 4 is 41.1 Å². The Morgan fingerprint density at radius 1 is 1.03 bits per heavy atom. The molecule has 3 heterocycles. The van der Waals surface area contributed by atoms with Crippen LogP contribution in [0, 0.1) is 0 Å². The van der Waals surface area contributed by atoms with E-state index in [1.807, 2.05) is 67.6 Å². The van der Waals surface area contributed by atoms with Gasteiger partial charge in [-0.15, -0.1) is 0 Å². The second-order valence-electron chi connectivity index (χ2n) is 7.70. The second kappa shape index (κ2) is 8.54. The number of rotatable bonds is 6. The third-order valence-corrected chi connectivity index (χ3v) is 5.30. The van der Waals surface area contributed by atoms with Gasteiger partial charge in [0.25, 0.3) is 5.91 Å². The van der Waals surface area contributed by atoms with E-state index in [0.29, 0.717) is 28.7 Å². The highest BCUT2D eigenvalue weighted by atomic mass is 16.2. The molecule has 164 valence electrons. The fourth-order valence-electron chi connectivity index (χ4n) is 3.62. The number of nitrogens with one attached hydrogen (secondary N) is 3. The Kier molecular flexibility index (Phi) is 5.27. The Labute approximate surface area is 189 Å². The summed E-state index contributed by atoms with van der Waals surface area (Å²) in [6, 6.07) is 19.6. The molecular formula is C24H21N7O2. The standard InChI is InChI=1S/C24H21N7O2/c1-15(16-8-4-2-5-9-16)26-23-29-21-18(12-17-13-20(32)28-22(17)33)14-25-31(21)24(30-23)27-19-10-6-3-7-11-19/h2-12,14-15H,13H2,1H3,(H,28,32,33)(H2,26,27,29,30)/b17-12+/t15-/m0/s1. The highest BCUT2D eigenvalue weighted by Gasteiger charge is 2.24. The van der Waals surface area contributed by atoms with Crippen molar-refractivity contribution < 1.29 is 9.59 Å². The van der Waals surface area contributed by atoms with E-state index in [1.54, 1.807) is 16.8 Å². The van der Waals surface area contributed by atoms with Gasteiger partial charge < -0.3 is 10.6 Å². The van der Waals surface area contributed by atoms with Crippen molar-refractivity contribution in [2.24, 2.45) is 0 Å². The maximum atomic E-state index is 12.0. The Balaban J connectivity index is 1.57. The monoisotopic (exact) mass is 439 g/mol. The molecule has 0 aliphatic carbocycles. The number of hydrogen-bond acceptors (Lipinski definition) is 7. The number of nitrogens with zero attached hydrogens (tertiary/aromatic N) is 4. The summed E-state index contributed by atoms with van der Waals surface area (Å²) < 4.78 is 1.58. The van der Waals surface area contributed by atoms with Crippen LogP contribution in [0.3, 0.4) is 0 Å². The zero-order valence-electron chi connectivity index (χ0n) is 17.8. The molecule has 1 saturated heterocycles. The molecule has 9 nitrogen and oxygen atoms in total. The lowest BCUT2D eigenvalue weighted by atomic mass is 10.1. The molecular weight excluding hydrogens is 418 g/mol. The Morgan fingerprint density at radius 3 is 2.45 bits per heavy atom. The number of anilines is 3. The van der Waals surface area contributed by atoms with E-state index in [0.717, 1.165) is 11.3 Å². The molecule has 0 unspecified atom stereocenters. The molecule has 2 aromatic carbocycles. The van der Waals surface area contributed by atoms with Crippen LogP contribution in [-0.2, 0) is 9.59 Å². The van der Waals surface area contributed by atoms with Gasteiger partial charge in [-0.2, -0.15) is 19.6 Å². The minimum Gasteiger partial charge on any atom is -0.348 e. The third-order valence-electron chi connectivity index (χ3n) is 5.30. The van der Waals surface area contributed by atoms with Crippen LogP contribution in [0.1, 0.15) is 30.5 Å². The first-order valence-corrected chi connectivity index (χ1v) is 10.5. The number of fused-ring (bicyclic) bond motifs is 1. The van der Waals surface area contributed by atoms with Crippen LogP contribution < -0.4 is 16.0 Å². The summed E-state index contributed by atoms with van der Waals surface area (Å²) in [7, 11) is 0. The smallest absolute Gasteiger partial charge is 0.254 e. The van der Waals surface area contributed by atoms with Crippen LogP contribution in [0.5, 0.6) is 0 Å². The Bertz CT molecular complexity index is 1360. The molecule has 1 aliphatic heterocycles. The molecule has 0 radical (unpaired) electrons. The quantitative estimate of drug-likeness (QED) is 0.311. The van der Waals surface area contributed by atoms with Crippen molar-refractivity contribution in [3.05, 3.63) is 83.6 Å². The highest BCUT2D eigenvalue weighted by molar-refractivity contribution is 6.15. The molecule has 1 fully saturated rings. The maximum absolute atomic E-state index is 12.0. The molecule has 3 N–H and O–H groups in total. The lowest BCUT2D eigenvalue weighted by Crippen LogP contribution is -2.19. The average Bonchev–Trinajstić information content (AvgIpc) is 3.37. The molecule has 4 aromatic rings. The van der Waals surface area contributed by atoms with Gasteiger partial charge in [0.05, 0.1) is 18.7 Å². The summed E-state index contributed by atoms with van der Waals surface area (Å²) in [6.45, 7) is 2.03. The number of amides is 2. The summed E-state index contributed by atoms with van der Waals surface area (Å²) in [5.74, 6) is 0.157. The molecule has 1 aliphatic rings. The van der Waals surface area contributed by atoms with E-state index >= 15 is 0 Å². The van der Waals surface area contributed by atoms with Crippen LogP contribution in [0.25, 0.3) is 11.7 Å². The predicted octanol–water partition coefficient (Wildman–Crippen LogP) is 3.47. The average molecular weight is 439 g/mol. The van der Waals surface area contributed by atoms with Gasteiger partial charge in [-0.1, -0.05) is 48.5 Å². The molecule has 1 atom stereocenters. The molecule has 9 heteroatoms. The van der Waals surface area contributed by atoms with Gasteiger partial charge in [-0.05, 0) is 30.7 Å². The van der Waals surface area contributed by atoms with Gasteiger partial charge in [-0.25, -0.2) is 0 Å². The Hall–Kier alpha value is -4.53. The molecule has 2 amide bonds. The molecule has 5 rings (SSSR count). The summed E-state index contributed by atoms with van der Waals surface area (Å²) in [5, 5.41) is 13.3. The minimum atomic E-state index is -0.396. The maximum Gasteiger partial charge on any atom is 0.254 e. The zero-order chi connectivity index (χ0) is 22.8. The normalized spacial score (nSPS) is 15.6. The first-order valence-electron chi connectivity index (χ1n) is 10.5. The topological polar surface area (TPSA) is 113 Å². The number of benzene rings is 2. The highest BCUT2D eigenvalue weighted by Crippen LogP contribution is 2.24. The summed E-state index contributed by atoms with van der Waals surface area (Å²) >= 11 is 0. The molecule has 33 heavy (non-hydrogen) atoms. The van der Waals surface area contributed by atoms with Gasteiger partial charge in [0.2, 0.25) is 17.8 Å². The molecule has 0 spiro atoms. The lowest BCUT2D eigenvalue weighted by molar-refractivity contribution is -0.124. The van der Waals surface area contributed by atoms with Crippen LogP contribution in [-0.4, -0.2) is 31.4 Å². The first kappa shape index (κ1) is 20.4. The number of para-hydroxylation sites is 1. The van der Waals surface area contributed by atoms with Crippen molar-refractivity contribution in [2.75, 3.05) is 10.6 Å². The van der Waals surface area contributed by atoms with E-state index in [4.69, 9.17) is 0 Å². The number of hydrogen-bond donors (Lipinski definition) is 3. The molecule has 0 saturated carbocycles. The van der Waals surface area contributed by atoms with E-state index in [-0.39, 0.29) is 18.4 Å². The van der Waals surface area contributed by atoms with Crippen LogP contribution >= 0.6 is 0 Å². The van der Waals surface area contributed by atoms with Crippen molar-refractivity contribution in [1.29, 1.82) is 0 Å². The van der Waals surface area contributed by atoms with E-state index in [2.05, 4.69) is 31.0 Å². The van der Waals surface area contributed by atoms with Gasteiger partial charge in [-0.3, -0.25) is 14.9 Å². The van der Waals surface area contributed by atoms with Gasteiger partial charge >= 0.3 is 0 Å². The van der Waals surface area contributed by atoms with Crippen LogP contribution in [0.4, 0.5) is 17.6 Å². The van der Waals surface area contributed by atoms with Crippen LogP contribution in [0.15, 0.2) is 72.4 Å². The summed E-state index contributed by atoms with van der Waals surface area (Å²) in [6.07, 6.45) is 3.28. The SMILES string of the molecule is C[C@H](Nc1nc(Nc2ccccc2)n2ncc(/C=C3\CC(=O)NC3=O)c2n1)c1ccccc1. The lowest BCUT2D eigenvalue weighted by Gasteiger charge is -2.16. The number of carbonyl (C=O) groups is 2. The largest absolute Gasteiger partial charge is 0.348 e. The summed E-state index contributed by atoms with van der Waals surface area (Å²) in [4.78, 5) is 32.9. The Morgan fingerprint density at radius 2 is 1.76 bits per heavy atom. The van der Waals surface area contributed by atoms with Crippen molar-refractivity contribution in [3.8, 4) is 0 Å². The van der Waals surface area contributed by atoms with Gasteiger partial charge in [0, 0.05) is 16.8 Å².